The number of ether oxygens (including phenoxy) is 1. The summed E-state index contributed by atoms with van der Waals surface area (Å²) >= 11 is 0. The molecule has 0 N–H and O–H groups in total. The molecule has 0 unspecified atom stereocenters. The van der Waals surface area contributed by atoms with Gasteiger partial charge in [-0.05, 0) is 32.1 Å². The first-order chi connectivity index (χ1) is 6.74. The minimum absolute atomic E-state index is 0.0606. The highest BCUT2D eigenvalue weighted by Gasteiger charge is 2.50. The van der Waals surface area contributed by atoms with Crippen molar-refractivity contribution >= 4 is 11.8 Å². The number of hydrogen-bond acceptors (Lipinski definition) is 3. The topological polar surface area (TPSA) is 43.4 Å². The van der Waals surface area contributed by atoms with Gasteiger partial charge in [0.25, 0.3) is 0 Å². The lowest BCUT2D eigenvalue weighted by Gasteiger charge is -2.04. The third-order valence-electron chi connectivity index (χ3n) is 2.58. The summed E-state index contributed by atoms with van der Waals surface area (Å²) in [5.41, 5.74) is 0. The zero-order valence-corrected chi connectivity index (χ0v) is 7.90. The van der Waals surface area contributed by atoms with Crippen LogP contribution in [0.15, 0.2) is 0 Å². The number of Topliss-reactive ketones (excluding diaryl/α,β-unsaturated/α-hetero) is 1. The molecule has 2 saturated carbocycles. The maximum absolute atomic E-state index is 11.7. The minimum atomic E-state index is -0.269. The average Bonchev–Trinajstić information content (AvgIpc) is 2.81. The van der Waals surface area contributed by atoms with E-state index in [2.05, 4.69) is 4.74 Å². The van der Waals surface area contributed by atoms with Crippen molar-refractivity contribution in [3.05, 3.63) is 31.6 Å². The smallest absolute Gasteiger partial charge is 0.309 e. The Labute approximate surface area is 83.8 Å². The van der Waals surface area contributed by atoms with Gasteiger partial charge in [0.1, 0.15) is 5.78 Å². The molecule has 14 heavy (non-hydrogen) atoms. The van der Waals surface area contributed by atoms with Crippen LogP contribution in [0.25, 0.3) is 0 Å². The zero-order valence-electron chi connectivity index (χ0n) is 7.90. The van der Waals surface area contributed by atoms with E-state index < -0.39 is 0 Å². The number of carbonyl (C=O) groups excluding carboxylic acids is 2. The summed E-state index contributed by atoms with van der Waals surface area (Å²) in [6.45, 7) is 0. The van der Waals surface area contributed by atoms with Crippen LogP contribution in [0.2, 0.25) is 0 Å². The molecule has 2 aliphatic rings. The van der Waals surface area contributed by atoms with Gasteiger partial charge in [0.05, 0.1) is 13.0 Å². The molecule has 2 atom stereocenters. The normalized spacial score (nSPS) is 31.5. The number of rotatable bonds is 3. The number of ketones is 1. The number of carbonyl (C=O) groups is 2. The fraction of sp³-hybridized carbons (Fsp3) is 0.364. The summed E-state index contributed by atoms with van der Waals surface area (Å²) in [5.74, 6) is 0.133. The van der Waals surface area contributed by atoms with Gasteiger partial charge in [-0.1, -0.05) is 0 Å². The van der Waals surface area contributed by atoms with Gasteiger partial charge in [-0.25, -0.2) is 0 Å². The van der Waals surface area contributed by atoms with Gasteiger partial charge >= 0.3 is 5.97 Å². The van der Waals surface area contributed by atoms with E-state index in [4.69, 9.17) is 0 Å². The molecule has 0 spiro atoms. The Morgan fingerprint density at radius 1 is 1.29 bits per heavy atom. The van der Waals surface area contributed by atoms with Gasteiger partial charge in [0.2, 0.25) is 0 Å². The van der Waals surface area contributed by atoms with Gasteiger partial charge in [0, 0.05) is 11.8 Å². The second-order valence-electron chi connectivity index (χ2n) is 3.51. The highest BCUT2D eigenvalue weighted by atomic mass is 16.5. The average molecular weight is 191 g/mol. The molecule has 0 aromatic heterocycles. The zero-order chi connectivity index (χ0) is 10.1. The Morgan fingerprint density at radius 3 is 2.50 bits per heavy atom. The molecular weight excluding hydrogens is 180 g/mol. The number of hydrogen-bond donors (Lipinski definition) is 0. The van der Waals surface area contributed by atoms with E-state index >= 15 is 0 Å². The lowest BCUT2D eigenvalue weighted by molar-refractivity contribution is -0.143. The molecule has 0 aromatic rings. The molecule has 2 aliphatic carbocycles. The third-order valence-corrected chi connectivity index (χ3v) is 2.58. The molecule has 3 heteroatoms. The SMILES string of the molecule is COC(=O)[C@H]1C[C@H]1C(=O)[C]1[CH][CH][CH][CH]1. The largest absolute Gasteiger partial charge is 0.469 e. The fourth-order valence-corrected chi connectivity index (χ4v) is 1.65. The lowest BCUT2D eigenvalue weighted by Crippen LogP contribution is -2.15. The Hall–Kier alpha value is -0.860. The highest BCUT2D eigenvalue weighted by molar-refractivity contribution is 6.03. The molecule has 5 radical (unpaired) electrons. The van der Waals surface area contributed by atoms with Crippen LogP contribution in [0, 0.1) is 43.4 Å². The fourth-order valence-electron chi connectivity index (χ4n) is 1.65. The Kier molecular flexibility index (Phi) is 2.57. The molecule has 0 aromatic carbocycles. The van der Waals surface area contributed by atoms with Crippen LogP contribution >= 0.6 is 0 Å². The van der Waals surface area contributed by atoms with Crippen molar-refractivity contribution in [3.8, 4) is 0 Å². The maximum atomic E-state index is 11.7. The predicted molar refractivity (Wildman–Crippen MR) is 49.1 cm³/mol. The molecule has 0 heterocycles. The van der Waals surface area contributed by atoms with E-state index in [1.165, 1.54) is 7.11 Å². The van der Waals surface area contributed by atoms with E-state index in [1.54, 1.807) is 12.8 Å². The molecule has 3 nitrogen and oxygen atoms in total. The van der Waals surface area contributed by atoms with Gasteiger partial charge < -0.3 is 4.74 Å². The molecular formula is C11H11O3. The van der Waals surface area contributed by atoms with E-state index in [0.29, 0.717) is 12.3 Å². The van der Waals surface area contributed by atoms with Crippen LogP contribution in [0.4, 0.5) is 0 Å². The van der Waals surface area contributed by atoms with Gasteiger partial charge in [0.15, 0.2) is 0 Å². The van der Waals surface area contributed by atoms with Crippen molar-refractivity contribution < 1.29 is 14.3 Å². The molecule has 0 amide bonds. The van der Waals surface area contributed by atoms with Crippen molar-refractivity contribution in [2.24, 2.45) is 11.8 Å². The van der Waals surface area contributed by atoms with Gasteiger partial charge in [-0.15, -0.1) is 0 Å². The molecule has 73 valence electrons. The van der Waals surface area contributed by atoms with Crippen LogP contribution in [0.1, 0.15) is 6.42 Å². The van der Waals surface area contributed by atoms with Crippen molar-refractivity contribution in [2.75, 3.05) is 7.11 Å². The Balaban J connectivity index is 1.86. The van der Waals surface area contributed by atoms with Gasteiger partial charge in [-0.3, -0.25) is 9.59 Å². The van der Waals surface area contributed by atoms with Crippen molar-refractivity contribution in [2.45, 2.75) is 6.42 Å². The minimum Gasteiger partial charge on any atom is -0.469 e. The first-order valence-corrected chi connectivity index (χ1v) is 4.58. The predicted octanol–water partition coefficient (Wildman–Crippen LogP) is 0.770. The maximum Gasteiger partial charge on any atom is 0.309 e. The first kappa shape index (κ1) is 9.69. The van der Waals surface area contributed by atoms with E-state index in [9.17, 15) is 9.59 Å². The second kappa shape index (κ2) is 3.71. The summed E-state index contributed by atoms with van der Waals surface area (Å²) in [5, 5.41) is 0. The van der Waals surface area contributed by atoms with Crippen molar-refractivity contribution in [3.63, 3.8) is 0 Å². The van der Waals surface area contributed by atoms with Crippen LogP contribution in [0.5, 0.6) is 0 Å². The highest BCUT2D eigenvalue weighted by Crippen LogP contribution is 2.44. The second-order valence-corrected chi connectivity index (χ2v) is 3.51. The van der Waals surface area contributed by atoms with Gasteiger partial charge in [-0.2, -0.15) is 0 Å². The van der Waals surface area contributed by atoms with E-state index in [-0.39, 0.29) is 23.6 Å². The lowest BCUT2D eigenvalue weighted by atomic mass is 9.98. The first-order valence-electron chi connectivity index (χ1n) is 4.58. The molecule has 0 bridgehead atoms. The number of esters is 1. The van der Waals surface area contributed by atoms with Crippen LogP contribution in [0.3, 0.4) is 0 Å². The third kappa shape index (κ3) is 1.68. The molecule has 0 aliphatic heterocycles. The van der Waals surface area contributed by atoms with Crippen LogP contribution in [-0.2, 0) is 14.3 Å². The molecule has 2 fully saturated rings. The monoisotopic (exact) mass is 191 g/mol. The standard InChI is InChI=1S/C11H11O3/c1-14-11(13)9-6-8(9)10(12)7-4-2-3-5-7/h2-5,8-9H,6H2,1H3/t8-,9+/m1/s1. The summed E-state index contributed by atoms with van der Waals surface area (Å²) in [6.07, 6.45) is 7.83. The van der Waals surface area contributed by atoms with Crippen molar-refractivity contribution in [1.29, 1.82) is 0 Å². The van der Waals surface area contributed by atoms with Crippen molar-refractivity contribution in [1.82, 2.24) is 0 Å². The summed E-state index contributed by atoms with van der Waals surface area (Å²) in [7, 11) is 1.35. The van der Waals surface area contributed by atoms with E-state index in [0.717, 1.165) is 0 Å². The van der Waals surface area contributed by atoms with E-state index in [1.807, 2.05) is 12.8 Å². The van der Waals surface area contributed by atoms with Crippen LogP contribution < -0.4 is 0 Å². The van der Waals surface area contributed by atoms with Crippen LogP contribution in [-0.4, -0.2) is 18.9 Å². The summed E-state index contributed by atoms with van der Waals surface area (Å²) in [6, 6.07) is 0. The Bertz CT molecular complexity index is 253. The molecule has 0 saturated heterocycles. The Morgan fingerprint density at radius 2 is 1.93 bits per heavy atom. The summed E-state index contributed by atoms with van der Waals surface area (Å²) in [4.78, 5) is 22.8. The quantitative estimate of drug-likeness (QED) is 0.619. The summed E-state index contributed by atoms with van der Waals surface area (Å²) < 4.78 is 4.58. The number of methoxy groups -OCH3 is 1. The molecule has 2 rings (SSSR count).